The zero-order chi connectivity index (χ0) is 14.9. The van der Waals surface area contributed by atoms with E-state index in [1.54, 1.807) is 12.1 Å². The van der Waals surface area contributed by atoms with Gasteiger partial charge in [-0.1, -0.05) is 17.7 Å². The third-order valence-corrected chi connectivity index (χ3v) is 4.65. The van der Waals surface area contributed by atoms with Crippen molar-refractivity contribution in [3.8, 4) is 0 Å². The van der Waals surface area contributed by atoms with E-state index in [0.717, 1.165) is 5.56 Å². The zero-order valence-corrected chi connectivity index (χ0v) is 11.8. The predicted molar refractivity (Wildman–Crippen MR) is 70.5 cm³/mol. The number of benzene rings is 1. The Labute approximate surface area is 116 Å². The van der Waals surface area contributed by atoms with Crippen molar-refractivity contribution in [2.24, 2.45) is 0 Å². The fourth-order valence-electron chi connectivity index (χ4n) is 1.88. The Balaban J connectivity index is 2.66. The van der Waals surface area contributed by atoms with Gasteiger partial charge >= 0.3 is 6.08 Å². The molecule has 1 heterocycles. The summed E-state index contributed by atoms with van der Waals surface area (Å²) in [5.41, 5.74) is 1.11. The largest absolute Gasteiger partial charge is 0.303 e. The molecule has 20 heavy (non-hydrogen) atoms. The number of aldehydes is 1. The highest BCUT2D eigenvalue weighted by atomic mass is 32.2. The quantitative estimate of drug-likeness (QED) is 0.804. The third-order valence-electron chi connectivity index (χ3n) is 2.93. The highest BCUT2D eigenvalue weighted by Crippen LogP contribution is 2.20. The molecule has 0 saturated heterocycles. The monoisotopic (exact) mass is 296 g/mol. The van der Waals surface area contributed by atoms with Crippen molar-refractivity contribution >= 4 is 16.3 Å². The van der Waals surface area contributed by atoms with Gasteiger partial charge in [0.25, 0.3) is 10.0 Å². The van der Waals surface area contributed by atoms with Gasteiger partial charge in [0.05, 0.1) is 16.3 Å². The molecule has 106 valence electrons. The Hall–Kier alpha value is -2.02. The normalized spacial score (nSPS) is 11.6. The predicted octanol–water partition coefficient (Wildman–Crippen LogP) is 1.62. The maximum Gasteiger partial charge on any atom is 0.303 e. The van der Waals surface area contributed by atoms with Crippen molar-refractivity contribution < 1.29 is 17.6 Å². The molecule has 0 saturated carbocycles. The zero-order valence-electron chi connectivity index (χ0n) is 11.0. The van der Waals surface area contributed by atoms with Crippen LogP contribution in [0, 0.1) is 19.9 Å². The van der Waals surface area contributed by atoms with Crippen LogP contribution < -0.4 is 0 Å². The van der Waals surface area contributed by atoms with Crippen LogP contribution in [0.15, 0.2) is 29.2 Å². The lowest BCUT2D eigenvalue weighted by Crippen LogP contribution is -2.18. The number of aromatic nitrogens is 2. The SMILES string of the molecule is Cc1ccc(S(=O)(=O)n2c(F)nc(C)c2CC=O)cc1. The van der Waals surface area contributed by atoms with Crippen LogP contribution in [0.25, 0.3) is 0 Å². The van der Waals surface area contributed by atoms with Crippen LogP contribution in [0.3, 0.4) is 0 Å². The summed E-state index contributed by atoms with van der Waals surface area (Å²) < 4.78 is 39.2. The molecule has 0 N–H and O–H groups in total. The minimum Gasteiger partial charge on any atom is -0.303 e. The Morgan fingerprint density at radius 3 is 2.40 bits per heavy atom. The van der Waals surface area contributed by atoms with Crippen molar-refractivity contribution in [2.45, 2.75) is 25.2 Å². The molecule has 0 aliphatic heterocycles. The third kappa shape index (κ3) is 2.36. The Kier molecular flexibility index (Phi) is 3.71. The topological polar surface area (TPSA) is 69.0 Å². The molecule has 2 aromatic rings. The molecule has 0 bridgehead atoms. The van der Waals surface area contributed by atoms with Gasteiger partial charge in [-0.05, 0) is 26.0 Å². The van der Waals surface area contributed by atoms with Gasteiger partial charge in [0, 0.05) is 6.42 Å². The second-order valence-electron chi connectivity index (χ2n) is 4.37. The summed E-state index contributed by atoms with van der Waals surface area (Å²) in [6.45, 7) is 3.28. The van der Waals surface area contributed by atoms with E-state index < -0.39 is 16.1 Å². The second kappa shape index (κ2) is 5.16. The van der Waals surface area contributed by atoms with Crippen molar-refractivity contribution in [3.63, 3.8) is 0 Å². The van der Waals surface area contributed by atoms with Crippen molar-refractivity contribution in [1.29, 1.82) is 0 Å². The van der Waals surface area contributed by atoms with E-state index in [0.29, 0.717) is 10.3 Å². The van der Waals surface area contributed by atoms with E-state index in [1.165, 1.54) is 19.1 Å². The molecular weight excluding hydrogens is 283 g/mol. The Bertz CT molecular complexity index is 749. The van der Waals surface area contributed by atoms with Gasteiger partial charge in [-0.25, -0.2) is 13.4 Å². The van der Waals surface area contributed by atoms with E-state index in [4.69, 9.17) is 0 Å². The Morgan fingerprint density at radius 1 is 1.25 bits per heavy atom. The number of carbonyl (C=O) groups excluding carboxylic acids is 1. The number of hydrogen-bond acceptors (Lipinski definition) is 4. The van der Waals surface area contributed by atoms with Gasteiger partial charge in [-0.15, -0.1) is 0 Å². The van der Waals surface area contributed by atoms with E-state index in [9.17, 15) is 17.6 Å². The molecule has 0 radical (unpaired) electrons. The van der Waals surface area contributed by atoms with E-state index in [-0.39, 0.29) is 22.7 Å². The van der Waals surface area contributed by atoms with Gasteiger partial charge in [0.15, 0.2) is 0 Å². The van der Waals surface area contributed by atoms with Crippen LogP contribution in [-0.2, 0) is 21.2 Å². The lowest BCUT2D eigenvalue weighted by atomic mass is 10.2. The highest BCUT2D eigenvalue weighted by molar-refractivity contribution is 7.90. The average molecular weight is 296 g/mol. The molecule has 2 rings (SSSR count). The first-order valence-corrected chi connectivity index (χ1v) is 7.31. The molecule has 0 spiro atoms. The van der Waals surface area contributed by atoms with Crippen LogP contribution in [0.1, 0.15) is 17.0 Å². The summed E-state index contributed by atoms with van der Waals surface area (Å²) >= 11 is 0. The van der Waals surface area contributed by atoms with Crippen LogP contribution in [0.4, 0.5) is 4.39 Å². The first-order valence-electron chi connectivity index (χ1n) is 5.87. The maximum atomic E-state index is 13.8. The number of rotatable bonds is 4. The molecule has 0 atom stereocenters. The fraction of sp³-hybridized carbons (Fsp3) is 0.231. The fourth-order valence-corrected chi connectivity index (χ4v) is 3.30. The summed E-state index contributed by atoms with van der Waals surface area (Å²) in [6, 6.07) is 6.02. The van der Waals surface area contributed by atoms with Crippen molar-refractivity contribution in [3.05, 3.63) is 47.3 Å². The average Bonchev–Trinajstić information content (AvgIpc) is 2.66. The van der Waals surface area contributed by atoms with E-state index >= 15 is 0 Å². The van der Waals surface area contributed by atoms with Crippen molar-refractivity contribution in [1.82, 2.24) is 8.96 Å². The van der Waals surface area contributed by atoms with Gasteiger partial charge in [0.2, 0.25) is 0 Å². The molecule has 0 fully saturated rings. The molecule has 0 unspecified atom stereocenters. The summed E-state index contributed by atoms with van der Waals surface area (Å²) in [7, 11) is -4.10. The molecule has 0 amide bonds. The molecular formula is C13H13FN2O3S. The summed E-state index contributed by atoms with van der Waals surface area (Å²) in [5, 5.41) is 0. The maximum absolute atomic E-state index is 13.8. The van der Waals surface area contributed by atoms with Gasteiger partial charge < -0.3 is 4.79 Å². The second-order valence-corrected chi connectivity index (χ2v) is 6.15. The summed E-state index contributed by atoms with van der Waals surface area (Å²) in [4.78, 5) is 14.1. The van der Waals surface area contributed by atoms with Crippen LogP contribution in [-0.4, -0.2) is 23.7 Å². The molecule has 1 aromatic heterocycles. The first-order chi connectivity index (χ1) is 9.37. The summed E-state index contributed by atoms with van der Waals surface area (Å²) in [6.07, 6.45) is -0.835. The standard InChI is InChI=1S/C13H13FN2O3S/c1-9-3-5-11(6-4-9)20(18,19)16-12(7-8-17)10(2)15-13(16)14/h3-6,8H,7H2,1-2H3. The number of hydrogen-bond donors (Lipinski definition) is 0. The van der Waals surface area contributed by atoms with E-state index in [1.807, 2.05) is 6.92 Å². The number of nitrogens with zero attached hydrogens (tertiary/aromatic N) is 2. The molecule has 1 aromatic carbocycles. The van der Waals surface area contributed by atoms with Crippen LogP contribution in [0.2, 0.25) is 0 Å². The Morgan fingerprint density at radius 2 is 1.85 bits per heavy atom. The number of halogens is 1. The van der Waals surface area contributed by atoms with Gasteiger partial charge in [-0.3, -0.25) is 0 Å². The molecule has 7 heteroatoms. The number of carbonyl (C=O) groups is 1. The molecule has 0 aliphatic rings. The smallest absolute Gasteiger partial charge is 0.303 e. The van der Waals surface area contributed by atoms with Crippen molar-refractivity contribution in [2.75, 3.05) is 0 Å². The summed E-state index contributed by atoms with van der Waals surface area (Å²) in [5.74, 6) is 0. The minimum atomic E-state index is -4.10. The van der Waals surface area contributed by atoms with Gasteiger partial charge in [-0.2, -0.15) is 8.36 Å². The lowest BCUT2D eigenvalue weighted by Gasteiger charge is -2.09. The number of imidazole rings is 1. The highest BCUT2D eigenvalue weighted by Gasteiger charge is 2.26. The van der Waals surface area contributed by atoms with E-state index in [2.05, 4.69) is 4.98 Å². The molecule has 5 nitrogen and oxygen atoms in total. The van der Waals surface area contributed by atoms with Crippen LogP contribution >= 0.6 is 0 Å². The lowest BCUT2D eigenvalue weighted by molar-refractivity contribution is -0.107. The minimum absolute atomic E-state index is 0.0399. The van der Waals surface area contributed by atoms with Crippen LogP contribution in [0.5, 0.6) is 0 Å². The number of aryl methyl sites for hydroxylation is 2. The first kappa shape index (κ1) is 14.4. The molecule has 0 aliphatic carbocycles. The van der Waals surface area contributed by atoms with Gasteiger partial charge in [0.1, 0.15) is 6.29 Å².